The summed E-state index contributed by atoms with van der Waals surface area (Å²) < 4.78 is 76.7. The number of hydrogen-bond donors (Lipinski definition) is 0. The van der Waals surface area contributed by atoms with Gasteiger partial charge in [-0.1, -0.05) is 56.2 Å². The number of alkyl halides is 6. The Morgan fingerprint density at radius 3 is 1.69 bits per heavy atom. The first-order chi connectivity index (χ1) is 20.2. The van der Waals surface area contributed by atoms with Crippen molar-refractivity contribution in [3.63, 3.8) is 0 Å². The molecule has 6 rings (SSSR count). The third-order valence-corrected chi connectivity index (χ3v) is 8.50. The molecule has 0 amide bonds. The first kappa shape index (κ1) is 38.3. The van der Waals surface area contributed by atoms with Crippen molar-refractivity contribution in [2.24, 2.45) is 0 Å². The Kier molecular flexibility index (Phi) is 13.7. The second kappa shape index (κ2) is 16.1. The molecule has 5 aromatic rings. The maximum absolute atomic E-state index is 12.7. The van der Waals surface area contributed by atoms with E-state index in [4.69, 9.17) is 0 Å². The van der Waals surface area contributed by atoms with Crippen molar-refractivity contribution in [2.75, 3.05) is 0 Å². The molecular weight excluding hydrogens is 709 g/mol. The van der Waals surface area contributed by atoms with Crippen LogP contribution in [0, 0.1) is 26.8 Å². The summed E-state index contributed by atoms with van der Waals surface area (Å²) in [5, 5.41) is 0. The predicted octanol–water partition coefficient (Wildman–Crippen LogP) is 4.24. The first-order valence-corrected chi connectivity index (χ1v) is 14.7. The quantitative estimate of drug-likeness (QED) is 0.185. The molecule has 0 N–H and O–H groups in total. The molecule has 0 spiro atoms. The van der Waals surface area contributed by atoms with Crippen molar-refractivity contribution >= 4 is 3.21 Å². The fourth-order valence-electron chi connectivity index (χ4n) is 4.82. The van der Waals surface area contributed by atoms with E-state index in [9.17, 15) is 26.3 Å². The van der Waals surface area contributed by atoms with E-state index < -0.39 is 23.5 Å². The van der Waals surface area contributed by atoms with Crippen molar-refractivity contribution in [3.8, 4) is 11.1 Å². The molecule has 0 radical (unpaired) electrons. The summed E-state index contributed by atoms with van der Waals surface area (Å²) >= 11 is 0.729. The molecule has 45 heavy (non-hydrogen) atoms. The molecule has 0 aliphatic heterocycles. The predicted molar refractivity (Wildman–Crippen MR) is 156 cm³/mol. The molecule has 0 aromatic heterocycles. The Hall–Kier alpha value is -2.86. The van der Waals surface area contributed by atoms with Crippen LogP contribution in [0.3, 0.4) is 0 Å². The minimum atomic E-state index is -4.49. The molecule has 0 unspecified atom stereocenters. The molecule has 0 saturated heterocycles. The van der Waals surface area contributed by atoms with Gasteiger partial charge < -0.3 is 24.8 Å². The third kappa shape index (κ3) is 10.1. The van der Waals surface area contributed by atoms with Crippen molar-refractivity contribution in [3.05, 3.63) is 159 Å². The number of hydrogen-bond acceptors (Lipinski definition) is 0. The zero-order valence-corrected chi connectivity index (χ0v) is 28.5. The van der Waals surface area contributed by atoms with Crippen LogP contribution in [0.15, 0.2) is 103 Å². The van der Waals surface area contributed by atoms with Gasteiger partial charge in [0.05, 0.1) is 0 Å². The van der Waals surface area contributed by atoms with Crippen LogP contribution in [0.5, 0.6) is 0 Å². The first-order valence-electron chi connectivity index (χ1n) is 13.5. The van der Waals surface area contributed by atoms with Crippen LogP contribution >= 0.6 is 0 Å². The van der Waals surface area contributed by atoms with E-state index in [1.54, 1.807) is 0 Å². The van der Waals surface area contributed by atoms with Crippen LogP contribution in [-0.4, -0.2) is 3.21 Å². The number of halogens is 8. The van der Waals surface area contributed by atoms with Gasteiger partial charge in [-0.15, -0.1) is 5.56 Å². The fourth-order valence-corrected chi connectivity index (χ4v) is 5.58. The van der Waals surface area contributed by atoms with Crippen LogP contribution in [-0.2, 0) is 43.0 Å². The van der Waals surface area contributed by atoms with Crippen LogP contribution in [0.1, 0.15) is 50.1 Å². The van der Waals surface area contributed by atoms with E-state index in [0.717, 1.165) is 54.9 Å². The second-order valence-electron chi connectivity index (χ2n) is 10.3. The molecular formula is C36H28Cl2F6Zr-2. The SMILES string of the molecule is Cc1cc(C)c(C)[cH-]1.FC(F)(F)c1cccc([C](=[Zr+2])c2cccc(C(F)(F)F)c2)c1.[Cl-].[Cl-].[c-]1cccc2c1Cc1ccccc1-2. The number of aryl methyl sites for hydroxylation is 3. The van der Waals surface area contributed by atoms with Crippen molar-refractivity contribution in [1.29, 1.82) is 0 Å². The van der Waals surface area contributed by atoms with Crippen LogP contribution in [0.4, 0.5) is 26.3 Å². The van der Waals surface area contributed by atoms with Crippen LogP contribution in [0.2, 0.25) is 0 Å². The number of fused-ring (bicyclic) bond motifs is 3. The topological polar surface area (TPSA) is 0 Å². The minimum Gasteiger partial charge on any atom is -1.00 e. The van der Waals surface area contributed by atoms with Crippen molar-refractivity contribution in [1.82, 2.24) is 0 Å². The maximum Gasteiger partial charge on any atom is -0.0253 e. The van der Waals surface area contributed by atoms with E-state index in [-0.39, 0.29) is 35.9 Å². The molecule has 5 aromatic carbocycles. The Morgan fingerprint density at radius 1 is 0.689 bits per heavy atom. The average molecular weight is 737 g/mol. The molecule has 0 atom stereocenters. The van der Waals surface area contributed by atoms with E-state index in [2.05, 4.69) is 75.4 Å². The minimum absolute atomic E-state index is 0. The fraction of sp³-hybridized carbons (Fsp3) is 0.167. The van der Waals surface area contributed by atoms with E-state index in [1.807, 2.05) is 6.07 Å². The molecule has 0 fully saturated rings. The van der Waals surface area contributed by atoms with E-state index >= 15 is 0 Å². The summed E-state index contributed by atoms with van der Waals surface area (Å²) in [5.41, 5.74) is 8.59. The van der Waals surface area contributed by atoms with Crippen LogP contribution < -0.4 is 24.8 Å². The van der Waals surface area contributed by atoms with Crippen molar-refractivity contribution in [2.45, 2.75) is 39.5 Å². The molecule has 0 saturated carbocycles. The van der Waals surface area contributed by atoms with Crippen molar-refractivity contribution < 1.29 is 75.4 Å². The largest absolute Gasteiger partial charge is 1.00 e. The van der Waals surface area contributed by atoms with Gasteiger partial charge in [-0.25, -0.2) is 6.07 Å². The molecule has 0 bridgehead atoms. The Morgan fingerprint density at radius 2 is 1.22 bits per heavy atom. The Balaban J connectivity index is 0.000000258. The van der Waals surface area contributed by atoms with E-state index in [0.29, 0.717) is 3.21 Å². The number of benzene rings is 4. The number of rotatable bonds is 2. The monoisotopic (exact) mass is 734 g/mol. The standard InChI is InChI=1S/C15H8F6.C13H9.C8H11.2ClH.Zr/c16-14(17,18)12-5-1-3-10(8-12)7-11-4-2-6-13(9-11)15(19,20)21;1-3-7-12-10(5-1)9-11-6-2-4-8-13(11)12;1-6-4-7(2)8(3)5-6;;;/h1-6,8-9H;1-5,7-8H,9H2;4-5H,1-3H3;2*1H;/q;2*-1;;;+2/p-2. The van der Waals surface area contributed by atoms with Gasteiger partial charge in [0.15, 0.2) is 0 Å². The average Bonchev–Trinajstić information content (AvgIpc) is 3.49. The molecule has 1 aliphatic rings. The third-order valence-electron chi connectivity index (χ3n) is 7.08. The molecule has 234 valence electrons. The zero-order chi connectivity index (χ0) is 31.4. The summed E-state index contributed by atoms with van der Waals surface area (Å²) in [4.78, 5) is 0. The maximum atomic E-state index is 12.7. The normalized spacial score (nSPS) is 11.4. The smallest absolute Gasteiger partial charge is 0.0253 e. The summed E-state index contributed by atoms with van der Waals surface area (Å²) in [6, 6.07) is 31.7. The van der Waals surface area contributed by atoms with Gasteiger partial charge in [-0.3, -0.25) is 0 Å². The van der Waals surface area contributed by atoms with E-state index in [1.165, 1.54) is 63.2 Å². The molecule has 0 nitrogen and oxygen atoms in total. The van der Waals surface area contributed by atoms with Gasteiger partial charge in [0, 0.05) is 0 Å². The van der Waals surface area contributed by atoms with Crippen LogP contribution in [0.25, 0.3) is 11.1 Å². The molecule has 9 heteroatoms. The second-order valence-corrected chi connectivity index (χ2v) is 11.6. The Labute approximate surface area is 287 Å². The van der Waals surface area contributed by atoms with Gasteiger partial charge >= 0.3 is 137 Å². The molecule has 0 heterocycles. The van der Waals surface area contributed by atoms with Gasteiger partial charge in [0.1, 0.15) is 0 Å². The summed E-state index contributed by atoms with van der Waals surface area (Å²) in [5.74, 6) is 0. The van der Waals surface area contributed by atoms with Gasteiger partial charge in [-0.2, -0.15) is 52.6 Å². The summed E-state index contributed by atoms with van der Waals surface area (Å²) in [7, 11) is 0. The summed E-state index contributed by atoms with van der Waals surface area (Å²) in [6.45, 7) is 6.41. The van der Waals surface area contributed by atoms with Gasteiger partial charge in [0.25, 0.3) is 0 Å². The molecule has 1 aliphatic carbocycles. The van der Waals surface area contributed by atoms with Gasteiger partial charge in [-0.05, 0) is 6.42 Å². The zero-order valence-electron chi connectivity index (χ0n) is 24.5. The summed E-state index contributed by atoms with van der Waals surface area (Å²) in [6.07, 6.45) is -7.92. The Bertz CT molecular complexity index is 1610. The van der Waals surface area contributed by atoms with Gasteiger partial charge in [0.2, 0.25) is 0 Å².